The lowest BCUT2D eigenvalue weighted by molar-refractivity contribution is -0.137. The molecule has 1 heterocycles. The maximum atomic E-state index is 12.6. The van der Waals surface area contributed by atoms with Crippen LogP contribution < -0.4 is 5.32 Å². The van der Waals surface area contributed by atoms with E-state index in [-0.39, 0.29) is 17.1 Å². The highest BCUT2D eigenvalue weighted by atomic mass is 35.5. The summed E-state index contributed by atoms with van der Waals surface area (Å²) in [6.07, 6.45) is -5.43. The lowest BCUT2D eigenvalue weighted by Gasteiger charge is -2.13. The van der Waals surface area contributed by atoms with Gasteiger partial charge < -0.3 is 10.1 Å². The van der Waals surface area contributed by atoms with Gasteiger partial charge in [-0.05, 0) is 24.3 Å². The van der Waals surface area contributed by atoms with E-state index in [0.717, 1.165) is 18.2 Å². The predicted molar refractivity (Wildman–Crippen MR) is 84.3 cm³/mol. The third-order valence-corrected chi connectivity index (χ3v) is 4.03. The molecule has 0 radical (unpaired) electrons. The minimum absolute atomic E-state index is 0.0530. The molecule has 4 nitrogen and oxygen atoms in total. The number of benzene rings is 2. The zero-order valence-corrected chi connectivity index (χ0v) is 13.3. The Kier molecular flexibility index (Phi) is 4.43. The smallest absolute Gasteiger partial charge is 0.416 e. The molecule has 0 aliphatic carbocycles. The van der Waals surface area contributed by atoms with E-state index < -0.39 is 29.7 Å². The topological polar surface area (TPSA) is 55.4 Å². The minimum Gasteiger partial charge on any atom is -0.453 e. The summed E-state index contributed by atoms with van der Waals surface area (Å²) in [5.41, 5.74) is 0.139. The molecule has 0 bridgehead atoms. The summed E-state index contributed by atoms with van der Waals surface area (Å²) in [6, 6.07) is 9.33. The summed E-state index contributed by atoms with van der Waals surface area (Å²) in [7, 11) is 0. The lowest BCUT2D eigenvalue weighted by Crippen LogP contribution is -2.16. The van der Waals surface area contributed by atoms with Gasteiger partial charge in [0.05, 0.1) is 28.3 Å². The first-order chi connectivity index (χ1) is 11.8. The molecule has 1 N–H and O–H groups in total. The van der Waals surface area contributed by atoms with Crippen molar-refractivity contribution in [3.05, 3.63) is 64.2 Å². The number of hydrogen-bond donors (Lipinski definition) is 1. The number of halogens is 4. The van der Waals surface area contributed by atoms with Crippen LogP contribution in [0.5, 0.6) is 0 Å². The number of fused-ring (bicyclic) bond motifs is 1. The summed E-state index contributed by atoms with van der Waals surface area (Å²) >= 11 is 5.80. The molecule has 1 atom stereocenters. The molecule has 1 aliphatic heterocycles. The van der Waals surface area contributed by atoms with Crippen molar-refractivity contribution in [3.8, 4) is 0 Å². The third kappa shape index (κ3) is 3.61. The van der Waals surface area contributed by atoms with Gasteiger partial charge in [0, 0.05) is 5.56 Å². The van der Waals surface area contributed by atoms with E-state index in [4.69, 9.17) is 16.3 Å². The van der Waals surface area contributed by atoms with Crippen molar-refractivity contribution in [2.75, 3.05) is 5.32 Å². The second kappa shape index (κ2) is 6.40. The molecule has 0 saturated heterocycles. The Labute approximate surface area is 145 Å². The van der Waals surface area contributed by atoms with Gasteiger partial charge in [0.25, 0.3) is 0 Å². The number of ether oxygens (including phenoxy) is 1. The molecule has 1 unspecified atom stereocenters. The van der Waals surface area contributed by atoms with Gasteiger partial charge in [-0.2, -0.15) is 13.2 Å². The number of alkyl halides is 3. The molecule has 3 rings (SSSR count). The summed E-state index contributed by atoms with van der Waals surface area (Å²) < 4.78 is 43.0. The monoisotopic (exact) mass is 369 g/mol. The number of amides is 1. The van der Waals surface area contributed by atoms with E-state index in [0.29, 0.717) is 11.1 Å². The van der Waals surface area contributed by atoms with Crippen molar-refractivity contribution in [1.29, 1.82) is 0 Å². The standard InChI is InChI=1S/C17H11ClF3NO3/c18-12-7-9(17(19,20)21)5-6-13(12)22-15(23)8-14-10-3-1-2-4-11(10)16(24)25-14/h1-7,14H,8H2,(H,22,23). The normalized spacial score (nSPS) is 16.3. The van der Waals surface area contributed by atoms with Crippen LogP contribution in [0.3, 0.4) is 0 Å². The molecule has 8 heteroatoms. The summed E-state index contributed by atoms with van der Waals surface area (Å²) in [6.45, 7) is 0. The van der Waals surface area contributed by atoms with Gasteiger partial charge in [-0.15, -0.1) is 0 Å². The van der Waals surface area contributed by atoms with Crippen LogP contribution >= 0.6 is 11.6 Å². The van der Waals surface area contributed by atoms with E-state index in [9.17, 15) is 22.8 Å². The van der Waals surface area contributed by atoms with E-state index in [1.165, 1.54) is 0 Å². The fraction of sp³-hybridized carbons (Fsp3) is 0.176. The molecule has 0 aromatic heterocycles. The highest BCUT2D eigenvalue weighted by Crippen LogP contribution is 2.35. The first-order valence-corrected chi connectivity index (χ1v) is 7.60. The molecular weight excluding hydrogens is 359 g/mol. The first-order valence-electron chi connectivity index (χ1n) is 7.22. The van der Waals surface area contributed by atoms with Crippen molar-refractivity contribution < 1.29 is 27.5 Å². The zero-order chi connectivity index (χ0) is 18.2. The van der Waals surface area contributed by atoms with Crippen LogP contribution in [-0.4, -0.2) is 11.9 Å². The molecule has 0 saturated carbocycles. The fourth-order valence-electron chi connectivity index (χ4n) is 2.53. The number of esters is 1. The van der Waals surface area contributed by atoms with E-state index in [1.54, 1.807) is 24.3 Å². The van der Waals surface area contributed by atoms with Crippen LogP contribution in [0.4, 0.5) is 18.9 Å². The van der Waals surface area contributed by atoms with Crippen LogP contribution in [0.1, 0.15) is 34.0 Å². The van der Waals surface area contributed by atoms with E-state index in [2.05, 4.69) is 5.32 Å². The molecule has 2 aromatic carbocycles. The van der Waals surface area contributed by atoms with Gasteiger partial charge in [-0.25, -0.2) is 4.79 Å². The SMILES string of the molecule is O=C(CC1OC(=O)c2ccccc21)Nc1ccc(C(F)(F)F)cc1Cl. The highest BCUT2D eigenvalue weighted by molar-refractivity contribution is 6.33. The number of anilines is 1. The lowest BCUT2D eigenvalue weighted by atomic mass is 10.0. The molecular formula is C17H11ClF3NO3. The predicted octanol–water partition coefficient (Wildman–Crippen LogP) is 4.60. The Balaban J connectivity index is 1.71. The van der Waals surface area contributed by atoms with Crippen molar-refractivity contribution in [2.24, 2.45) is 0 Å². The Morgan fingerprint density at radius 2 is 1.92 bits per heavy atom. The van der Waals surface area contributed by atoms with Gasteiger partial charge >= 0.3 is 12.1 Å². The quantitative estimate of drug-likeness (QED) is 0.804. The van der Waals surface area contributed by atoms with Gasteiger partial charge in [0.15, 0.2) is 0 Å². The summed E-state index contributed by atoms with van der Waals surface area (Å²) in [5.74, 6) is -1.04. The van der Waals surface area contributed by atoms with Crippen LogP contribution in [0.25, 0.3) is 0 Å². The fourth-order valence-corrected chi connectivity index (χ4v) is 2.76. The maximum absolute atomic E-state index is 12.6. The van der Waals surface area contributed by atoms with Gasteiger partial charge in [-0.3, -0.25) is 4.79 Å². The number of carbonyl (C=O) groups is 2. The number of nitrogens with one attached hydrogen (secondary N) is 1. The first kappa shape index (κ1) is 17.3. The van der Waals surface area contributed by atoms with Crippen LogP contribution in [0.2, 0.25) is 5.02 Å². The number of rotatable bonds is 3. The second-order valence-electron chi connectivity index (χ2n) is 5.43. The Morgan fingerprint density at radius 3 is 2.60 bits per heavy atom. The zero-order valence-electron chi connectivity index (χ0n) is 12.6. The van der Waals surface area contributed by atoms with Crippen molar-refractivity contribution >= 4 is 29.2 Å². The number of cyclic esters (lactones) is 1. The Bertz CT molecular complexity index is 851. The molecule has 1 aliphatic rings. The average Bonchev–Trinajstić information content (AvgIpc) is 2.85. The molecule has 130 valence electrons. The molecule has 2 aromatic rings. The number of carbonyl (C=O) groups excluding carboxylic acids is 2. The van der Waals surface area contributed by atoms with Gasteiger partial charge in [-0.1, -0.05) is 29.8 Å². The molecule has 1 amide bonds. The highest BCUT2D eigenvalue weighted by Gasteiger charge is 2.33. The third-order valence-electron chi connectivity index (χ3n) is 3.72. The van der Waals surface area contributed by atoms with E-state index >= 15 is 0 Å². The van der Waals surface area contributed by atoms with Crippen LogP contribution in [0, 0.1) is 0 Å². The Morgan fingerprint density at radius 1 is 1.20 bits per heavy atom. The van der Waals surface area contributed by atoms with Crippen molar-refractivity contribution in [3.63, 3.8) is 0 Å². The molecule has 0 spiro atoms. The average molecular weight is 370 g/mol. The van der Waals surface area contributed by atoms with Crippen molar-refractivity contribution in [1.82, 2.24) is 0 Å². The Hall–Kier alpha value is -2.54. The van der Waals surface area contributed by atoms with Crippen LogP contribution in [-0.2, 0) is 15.7 Å². The van der Waals surface area contributed by atoms with Gasteiger partial charge in [0.2, 0.25) is 5.91 Å². The van der Waals surface area contributed by atoms with E-state index in [1.807, 2.05) is 0 Å². The van der Waals surface area contributed by atoms with Crippen LogP contribution in [0.15, 0.2) is 42.5 Å². The van der Waals surface area contributed by atoms with Gasteiger partial charge in [0.1, 0.15) is 6.10 Å². The maximum Gasteiger partial charge on any atom is 0.416 e. The van der Waals surface area contributed by atoms with Crippen molar-refractivity contribution in [2.45, 2.75) is 18.7 Å². The summed E-state index contributed by atoms with van der Waals surface area (Å²) in [5, 5.41) is 2.20. The molecule has 0 fully saturated rings. The minimum atomic E-state index is -4.52. The molecule has 25 heavy (non-hydrogen) atoms. The number of hydrogen-bond acceptors (Lipinski definition) is 3. The second-order valence-corrected chi connectivity index (χ2v) is 5.83. The largest absolute Gasteiger partial charge is 0.453 e. The summed E-state index contributed by atoms with van der Waals surface area (Å²) in [4.78, 5) is 23.9.